The van der Waals surface area contributed by atoms with Crippen molar-refractivity contribution in [2.45, 2.75) is 64.1 Å². The predicted molar refractivity (Wildman–Crippen MR) is 159 cm³/mol. The third-order valence-electron chi connectivity index (χ3n) is 9.28. The van der Waals surface area contributed by atoms with Gasteiger partial charge in [-0.1, -0.05) is 12.1 Å². The number of aryl methyl sites for hydroxylation is 3. The van der Waals surface area contributed by atoms with Gasteiger partial charge < -0.3 is 10.2 Å². The summed E-state index contributed by atoms with van der Waals surface area (Å²) < 4.78 is 0. The van der Waals surface area contributed by atoms with E-state index in [4.69, 9.17) is 4.98 Å². The fraction of sp³-hybridized carbons (Fsp3) is 0.394. The van der Waals surface area contributed by atoms with Crippen LogP contribution in [-0.2, 0) is 5.54 Å². The Kier molecular flexibility index (Phi) is 5.89. The highest BCUT2D eigenvalue weighted by Gasteiger charge is 2.47. The Morgan fingerprint density at radius 2 is 1.68 bits per heavy atom. The first-order valence-electron chi connectivity index (χ1n) is 14.4. The Bertz CT molecular complexity index is 1610. The maximum atomic E-state index is 13.9. The van der Waals surface area contributed by atoms with E-state index < -0.39 is 5.54 Å². The summed E-state index contributed by atoms with van der Waals surface area (Å²) in [5, 5.41) is 4.54. The van der Waals surface area contributed by atoms with Crippen LogP contribution in [0.4, 0.5) is 5.69 Å². The summed E-state index contributed by atoms with van der Waals surface area (Å²) in [6.45, 7) is 8.06. The number of fused-ring (bicyclic) bond motifs is 3. The largest absolute Gasteiger partial charge is 0.368 e. The molecule has 1 saturated carbocycles. The molecule has 4 aromatic rings. The molecule has 0 radical (unpaired) electrons. The molecule has 2 saturated heterocycles. The van der Waals surface area contributed by atoms with Crippen molar-refractivity contribution >= 4 is 22.5 Å². The Hall–Kier alpha value is -3.84. The van der Waals surface area contributed by atoms with E-state index in [1.807, 2.05) is 39.2 Å². The summed E-state index contributed by atoms with van der Waals surface area (Å²) in [7, 11) is 2.25. The number of benzene rings is 2. The minimum atomic E-state index is -0.428. The molecule has 7 nitrogen and oxygen atoms in total. The van der Waals surface area contributed by atoms with Crippen LogP contribution in [0.25, 0.3) is 22.3 Å². The molecule has 7 rings (SSSR count). The van der Waals surface area contributed by atoms with Crippen LogP contribution in [0, 0.1) is 20.8 Å². The van der Waals surface area contributed by atoms with E-state index in [9.17, 15) is 4.79 Å². The molecule has 2 aliphatic heterocycles. The van der Waals surface area contributed by atoms with Crippen molar-refractivity contribution in [3.05, 3.63) is 82.8 Å². The molecule has 4 heterocycles. The Morgan fingerprint density at radius 3 is 2.38 bits per heavy atom. The topological polar surface area (TPSA) is 74.2 Å². The Morgan fingerprint density at radius 1 is 0.950 bits per heavy atom. The SMILES string of the molecule is Cc1cnc(-c2cc(C3(NC(=O)c4cc(N5CC6CCC(C5)N6C)ccc4C)CC3)c3ccc(C)nc3c2)nc1. The zero-order valence-electron chi connectivity index (χ0n) is 23.7. The van der Waals surface area contributed by atoms with Crippen LogP contribution in [0.2, 0.25) is 0 Å². The van der Waals surface area contributed by atoms with Gasteiger partial charge in [0.1, 0.15) is 0 Å². The molecule has 2 bridgehead atoms. The first-order valence-corrected chi connectivity index (χ1v) is 14.4. The molecule has 40 heavy (non-hydrogen) atoms. The number of nitrogens with one attached hydrogen (secondary N) is 1. The summed E-state index contributed by atoms with van der Waals surface area (Å²) in [6.07, 6.45) is 7.97. The van der Waals surface area contributed by atoms with Gasteiger partial charge in [-0.25, -0.2) is 9.97 Å². The lowest BCUT2D eigenvalue weighted by atomic mass is 9.95. The van der Waals surface area contributed by atoms with E-state index in [2.05, 4.69) is 68.5 Å². The first kappa shape index (κ1) is 25.1. The molecule has 3 fully saturated rings. The maximum Gasteiger partial charge on any atom is 0.252 e. The number of rotatable bonds is 5. The summed E-state index contributed by atoms with van der Waals surface area (Å²) >= 11 is 0. The summed E-state index contributed by atoms with van der Waals surface area (Å²) in [4.78, 5) is 32.9. The van der Waals surface area contributed by atoms with Crippen LogP contribution < -0.4 is 10.2 Å². The quantitative estimate of drug-likeness (QED) is 0.375. The number of carbonyl (C=O) groups is 1. The van der Waals surface area contributed by atoms with Crippen LogP contribution in [0.5, 0.6) is 0 Å². The van der Waals surface area contributed by atoms with Crippen LogP contribution in [-0.4, -0.2) is 58.0 Å². The molecule has 2 atom stereocenters. The smallest absolute Gasteiger partial charge is 0.252 e. The van der Waals surface area contributed by atoms with Crippen molar-refractivity contribution in [2.75, 3.05) is 25.0 Å². The van der Waals surface area contributed by atoms with E-state index in [0.29, 0.717) is 17.9 Å². The second kappa shape index (κ2) is 9.37. The molecule has 204 valence electrons. The average molecular weight is 533 g/mol. The molecule has 1 amide bonds. The van der Waals surface area contributed by atoms with Crippen molar-refractivity contribution in [2.24, 2.45) is 0 Å². The fourth-order valence-corrected chi connectivity index (χ4v) is 6.65. The van der Waals surface area contributed by atoms with Crippen molar-refractivity contribution in [3.8, 4) is 11.4 Å². The highest BCUT2D eigenvalue weighted by molar-refractivity contribution is 5.98. The number of carbonyl (C=O) groups excluding carboxylic acids is 1. The minimum absolute atomic E-state index is 0.0147. The van der Waals surface area contributed by atoms with Crippen molar-refractivity contribution < 1.29 is 4.79 Å². The third kappa shape index (κ3) is 4.33. The molecule has 7 heteroatoms. The lowest BCUT2D eigenvalue weighted by Gasteiger charge is -2.40. The van der Waals surface area contributed by atoms with Crippen LogP contribution in [0.1, 0.15) is 58.4 Å². The molecule has 2 aromatic heterocycles. The van der Waals surface area contributed by atoms with Crippen molar-refractivity contribution in [1.82, 2.24) is 25.2 Å². The number of piperazine rings is 1. The fourth-order valence-electron chi connectivity index (χ4n) is 6.65. The second-order valence-corrected chi connectivity index (χ2v) is 12.1. The minimum Gasteiger partial charge on any atom is -0.368 e. The molecule has 2 unspecified atom stereocenters. The van der Waals surface area contributed by atoms with E-state index >= 15 is 0 Å². The highest BCUT2D eigenvalue weighted by Crippen LogP contribution is 2.49. The number of nitrogens with zero attached hydrogens (tertiary/aromatic N) is 5. The molecule has 1 N–H and O–H groups in total. The lowest BCUT2D eigenvalue weighted by molar-refractivity contribution is 0.0930. The highest BCUT2D eigenvalue weighted by atomic mass is 16.1. The molecular weight excluding hydrogens is 496 g/mol. The van der Waals surface area contributed by atoms with Crippen LogP contribution in [0.3, 0.4) is 0 Å². The molecule has 0 spiro atoms. The monoisotopic (exact) mass is 532 g/mol. The summed E-state index contributed by atoms with van der Waals surface area (Å²) in [6, 6.07) is 16.0. The molecule has 1 aliphatic carbocycles. The van der Waals surface area contributed by atoms with Gasteiger partial charge in [-0.3, -0.25) is 14.7 Å². The predicted octanol–water partition coefficient (Wildman–Crippen LogP) is 5.32. The van der Waals surface area contributed by atoms with Gasteiger partial charge in [-0.2, -0.15) is 0 Å². The number of amides is 1. The number of likely N-dealkylation sites (N-methyl/N-ethyl adjacent to an activating group) is 1. The van der Waals surface area contributed by atoms with Gasteiger partial charge in [-0.05, 0) is 101 Å². The van der Waals surface area contributed by atoms with Crippen molar-refractivity contribution in [1.29, 1.82) is 0 Å². The standard InChI is InChI=1S/C33H36N6O/c1-20-16-34-31(35-17-20)23-13-29(27-10-6-22(3)36-30(27)14-23)33(11-12-33)37-32(40)28-15-24(7-5-21(28)2)39-18-25-8-9-26(19-39)38(25)4/h5-7,10,13-17,25-26H,8-9,11-12,18-19H2,1-4H3,(H,37,40). The van der Waals surface area contributed by atoms with Gasteiger partial charge in [-0.15, -0.1) is 0 Å². The molecule has 2 aromatic carbocycles. The van der Waals surface area contributed by atoms with Gasteiger partial charge in [0.15, 0.2) is 5.82 Å². The first-order chi connectivity index (χ1) is 19.3. The number of hydrogen-bond acceptors (Lipinski definition) is 6. The van der Waals surface area contributed by atoms with Gasteiger partial charge in [0.05, 0.1) is 11.1 Å². The van der Waals surface area contributed by atoms with E-state index in [1.165, 1.54) is 12.8 Å². The molecule has 3 aliphatic rings. The lowest BCUT2D eigenvalue weighted by Crippen LogP contribution is -2.52. The Labute approximate surface area is 235 Å². The molecular formula is C33H36N6O. The Balaban J connectivity index is 1.22. The summed E-state index contributed by atoms with van der Waals surface area (Å²) in [5.41, 5.74) is 7.37. The van der Waals surface area contributed by atoms with Gasteiger partial charge in [0.25, 0.3) is 5.91 Å². The third-order valence-corrected chi connectivity index (χ3v) is 9.28. The van der Waals surface area contributed by atoms with E-state index in [1.54, 1.807) is 0 Å². The van der Waals surface area contributed by atoms with Crippen LogP contribution in [0.15, 0.2) is 54.9 Å². The maximum absolute atomic E-state index is 13.9. The van der Waals surface area contributed by atoms with Gasteiger partial charge in [0.2, 0.25) is 0 Å². The van der Waals surface area contributed by atoms with E-state index in [-0.39, 0.29) is 5.91 Å². The zero-order chi connectivity index (χ0) is 27.6. The number of hydrogen-bond donors (Lipinski definition) is 1. The normalized spacial score (nSPS) is 21.6. The van der Waals surface area contributed by atoms with Crippen LogP contribution >= 0.6 is 0 Å². The second-order valence-electron chi connectivity index (χ2n) is 12.1. The van der Waals surface area contributed by atoms with Gasteiger partial charge in [0, 0.05) is 65.5 Å². The average Bonchev–Trinajstić information content (AvgIpc) is 3.70. The number of anilines is 1. The number of pyridine rings is 1. The van der Waals surface area contributed by atoms with E-state index in [0.717, 1.165) is 76.0 Å². The van der Waals surface area contributed by atoms with Crippen molar-refractivity contribution in [3.63, 3.8) is 0 Å². The number of aromatic nitrogens is 3. The van der Waals surface area contributed by atoms with Gasteiger partial charge >= 0.3 is 0 Å². The summed E-state index contributed by atoms with van der Waals surface area (Å²) in [5.74, 6) is 0.656. The zero-order valence-corrected chi connectivity index (χ0v) is 23.7.